The van der Waals surface area contributed by atoms with Crippen molar-refractivity contribution in [3.63, 3.8) is 0 Å². The Kier molecular flexibility index (Phi) is 2.45. The number of aromatic nitrogens is 2. The number of anilines is 1. The van der Waals surface area contributed by atoms with Crippen LogP contribution >= 0.6 is 0 Å². The third-order valence-corrected chi connectivity index (χ3v) is 3.04. The fraction of sp³-hybridized carbons (Fsp3) is 0.0667. The summed E-state index contributed by atoms with van der Waals surface area (Å²) in [7, 11) is 0. The van der Waals surface area contributed by atoms with Crippen LogP contribution in [0.4, 0.5) is 5.69 Å². The summed E-state index contributed by atoms with van der Waals surface area (Å²) in [6, 6.07) is 7.85. The van der Waals surface area contributed by atoms with E-state index in [9.17, 15) is 0 Å². The minimum Gasteiger partial charge on any atom is -0.398 e. The molecule has 0 radical (unpaired) electrons. The number of nitrogens with zero attached hydrogens (tertiary/aromatic N) is 2. The number of nitrogens with two attached hydrogens (primary N) is 1. The van der Waals surface area contributed by atoms with Crippen LogP contribution in [0.3, 0.4) is 0 Å². The number of hydrogen-bond donors (Lipinski definition) is 1. The van der Waals surface area contributed by atoms with Crippen LogP contribution < -0.4 is 5.73 Å². The van der Waals surface area contributed by atoms with Gasteiger partial charge in [0.15, 0.2) is 0 Å². The van der Waals surface area contributed by atoms with Crippen LogP contribution in [-0.2, 0) is 0 Å². The number of allylic oxidation sites excluding steroid dienone is 1. The van der Waals surface area contributed by atoms with Gasteiger partial charge in [0.05, 0.1) is 16.7 Å². The molecule has 3 nitrogen and oxygen atoms in total. The molecule has 0 spiro atoms. The lowest BCUT2D eigenvalue weighted by Crippen LogP contribution is -1.96. The number of pyridine rings is 2. The smallest absolute Gasteiger partial charge is 0.0817 e. The maximum atomic E-state index is 6.24. The summed E-state index contributed by atoms with van der Waals surface area (Å²) in [5.41, 5.74) is 9.76. The molecule has 88 valence electrons. The van der Waals surface area contributed by atoms with Crippen LogP contribution in [-0.4, -0.2) is 9.97 Å². The van der Waals surface area contributed by atoms with Crippen molar-refractivity contribution in [1.29, 1.82) is 0 Å². The van der Waals surface area contributed by atoms with Gasteiger partial charge in [0.1, 0.15) is 0 Å². The van der Waals surface area contributed by atoms with E-state index >= 15 is 0 Å². The maximum Gasteiger partial charge on any atom is 0.0817 e. The molecule has 0 amide bonds. The zero-order chi connectivity index (χ0) is 12.5. The third-order valence-electron chi connectivity index (χ3n) is 3.04. The van der Waals surface area contributed by atoms with Crippen molar-refractivity contribution in [2.45, 2.75) is 6.92 Å². The molecule has 0 saturated heterocycles. The molecule has 0 bridgehead atoms. The van der Waals surface area contributed by atoms with E-state index in [2.05, 4.69) is 9.97 Å². The molecule has 0 fully saturated rings. The van der Waals surface area contributed by atoms with Gasteiger partial charge in [-0.25, -0.2) is 0 Å². The van der Waals surface area contributed by atoms with E-state index in [1.165, 1.54) is 0 Å². The van der Waals surface area contributed by atoms with Gasteiger partial charge in [-0.05, 0) is 31.2 Å². The van der Waals surface area contributed by atoms with Crippen LogP contribution in [0, 0.1) is 0 Å². The quantitative estimate of drug-likeness (QED) is 0.519. The van der Waals surface area contributed by atoms with Crippen molar-refractivity contribution in [3.05, 3.63) is 48.3 Å². The summed E-state index contributed by atoms with van der Waals surface area (Å²) >= 11 is 0. The first-order chi connectivity index (χ1) is 8.83. The molecule has 2 heterocycles. The van der Waals surface area contributed by atoms with Crippen LogP contribution in [0.2, 0.25) is 0 Å². The first-order valence-corrected chi connectivity index (χ1v) is 5.86. The predicted octanol–water partition coefficient (Wildman–Crippen LogP) is 3.40. The van der Waals surface area contributed by atoms with Gasteiger partial charge in [-0.2, -0.15) is 0 Å². The van der Waals surface area contributed by atoms with Gasteiger partial charge >= 0.3 is 0 Å². The summed E-state index contributed by atoms with van der Waals surface area (Å²) in [4.78, 5) is 8.87. The molecule has 3 rings (SSSR count). The Labute approximate surface area is 105 Å². The highest BCUT2D eigenvalue weighted by molar-refractivity contribution is 6.13. The molecule has 0 atom stereocenters. The lowest BCUT2D eigenvalue weighted by Gasteiger charge is -2.10. The molecule has 2 N–H and O–H groups in total. The van der Waals surface area contributed by atoms with Gasteiger partial charge < -0.3 is 5.73 Å². The molecule has 0 aliphatic carbocycles. The molecule has 0 aliphatic heterocycles. The van der Waals surface area contributed by atoms with Gasteiger partial charge in [0.25, 0.3) is 0 Å². The highest BCUT2D eigenvalue weighted by Crippen LogP contribution is 2.32. The Balaban J connectivity index is 2.62. The van der Waals surface area contributed by atoms with Crippen LogP contribution in [0.25, 0.3) is 27.9 Å². The lowest BCUT2D eigenvalue weighted by molar-refractivity contribution is 1.39. The van der Waals surface area contributed by atoms with Gasteiger partial charge in [0, 0.05) is 28.7 Å². The Hall–Kier alpha value is -2.42. The maximum absolute atomic E-state index is 6.24. The van der Waals surface area contributed by atoms with E-state index in [4.69, 9.17) is 5.73 Å². The summed E-state index contributed by atoms with van der Waals surface area (Å²) in [6.45, 7) is 1.97. The Morgan fingerprint density at radius 2 is 1.67 bits per heavy atom. The monoisotopic (exact) mass is 235 g/mol. The molecule has 3 heteroatoms. The van der Waals surface area contributed by atoms with E-state index in [0.29, 0.717) is 0 Å². The Morgan fingerprint density at radius 1 is 1.00 bits per heavy atom. The minimum absolute atomic E-state index is 0.738. The lowest BCUT2D eigenvalue weighted by atomic mass is 10.0. The molecule has 3 aromatic rings. The molecular weight excluding hydrogens is 222 g/mol. The fourth-order valence-corrected chi connectivity index (χ4v) is 2.26. The third kappa shape index (κ3) is 1.44. The zero-order valence-electron chi connectivity index (χ0n) is 10.1. The average molecular weight is 235 g/mol. The number of fused-ring (bicyclic) bond motifs is 3. The molecule has 0 saturated carbocycles. The van der Waals surface area contributed by atoms with E-state index < -0.39 is 0 Å². The second-order valence-electron chi connectivity index (χ2n) is 4.13. The number of benzene rings is 1. The first-order valence-electron chi connectivity index (χ1n) is 5.86. The van der Waals surface area contributed by atoms with E-state index in [0.717, 1.165) is 33.1 Å². The van der Waals surface area contributed by atoms with Gasteiger partial charge in [-0.15, -0.1) is 0 Å². The average Bonchev–Trinajstić information content (AvgIpc) is 2.43. The normalized spacial score (nSPS) is 11.6. The largest absolute Gasteiger partial charge is 0.398 e. The summed E-state index contributed by atoms with van der Waals surface area (Å²) < 4.78 is 0. The van der Waals surface area contributed by atoms with Crippen molar-refractivity contribution in [2.24, 2.45) is 0 Å². The minimum atomic E-state index is 0.738. The van der Waals surface area contributed by atoms with E-state index in [1.807, 2.05) is 43.3 Å². The molecule has 1 aromatic carbocycles. The summed E-state index contributed by atoms with van der Waals surface area (Å²) in [6.07, 6.45) is 7.53. The van der Waals surface area contributed by atoms with Gasteiger partial charge in [-0.1, -0.05) is 12.2 Å². The van der Waals surface area contributed by atoms with Crippen molar-refractivity contribution in [2.75, 3.05) is 5.73 Å². The number of nitrogen functional groups attached to an aromatic ring is 1. The Morgan fingerprint density at radius 3 is 2.39 bits per heavy atom. The topological polar surface area (TPSA) is 51.8 Å². The standard InChI is InChI=1S/C15H13N3/c1-2-5-10-13(16)11-6-3-8-18-15(11)12-7-4-9-17-14(10)12/h2-9H,16H2,1H3/b5-2-. The fourth-order valence-electron chi connectivity index (χ4n) is 2.26. The first kappa shape index (κ1) is 10.7. The van der Waals surface area contributed by atoms with E-state index in [-0.39, 0.29) is 0 Å². The van der Waals surface area contributed by atoms with Crippen molar-refractivity contribution in [3.8, 4) is 0 Å². The number of hydrogen-bond acceptors (Lipinski definition) is 3. The molecule has 18 heavy (non-hydrogen) atoms. The van der Waals surface area contributed by atoms with Crippen molar-refractivity contribution in [1.82, 2.24) is 9.97 Å². The molecule has 0 unspecified atom stereocenters. The second-order valence-corrected chi connectivity index (χ2v) is 4.13. The van der Waals surface area contributed by atoms with Crippen LogP contribution in [0.1, 0.15) is 12.5 Å². The van der Waals surface area contributed by atoms with Gasteiger partial charge in [0.2, 0.25) is 0 Å². The Bertz CT molecular complexity index is 760. The van der Waals surface area contributed by atoms with Crippen molar-refractivity contribution >= 4 is 33.6 Å². The highest BCUT2D eigenvalue weighted by atomic mass is 14.7. The molecular formula is C15H13N3. The van der Waals surface area contributed by atoms with E-state index in [1.54, 1.807) is 12.4 Å². The summed E-state index contributed by atoms with van der Waals surface area (Å²) in [5, 5.41) is 2.02. The molecule has 2 aromatic heterocycles. The second kappa shape index (κ2) is 4.11. The summed E-state index contributed by atoms with van der Waals surface area (Å²) in [5.74, 6) is 0. The zero-order valence-corrected chi connectivity index (χ0v) is 10.1. The predicted molar refractivity (Wildman–Crippen MR) is 76.2 cm³/mol. The number of rotatable bonds is 1. The van der Waals surface area contributed by atoms with Gasteiger partial charge in [-0.3, -0.25) is 9.97 Å². The SMILES string of the molecule is C/C=C\c1c(N)c2cccnc2c2cccnc12. The van der Waals surface area contributed by atoms with Crippen molar-refractivity contribution < 1.29 is 0 Å². The van der Waals surface area contributed by atoms with Crippen LogP contribution in [0.15, 0.2) is 42.7 Å². The molecule has 0 aliphatic rings. The highest BCUT2D eigenvalue weighted by Gasteiger charge is 2.11. The van der Waals surface area contributed by atoms with Crippen LogP contribution in [0.5, 0.6) is 0 Å².